The van der Waals surface area contributed by atoms with Gasteiger partial charge in [-0.05, 0) is 30.2 Å². The lowest BCUT2D eigenvalue weighted by Crippen LogP contribution is -2.50. The van der Waals surface area contributed by atoms with Crippen LogP contribution < -0.4 is 26.0 Å². The van der Waals surface area contributed by atoms with Crippen molar-refractivity contribution in [2.75, 3.05) is 36.8 Å². The van der Waals surface area contributed by atoms with E-state index in [1.165, 1.54) is 25.6 Å². The minimum Gasteiger partial charge on any atom is -0.494 e. The van der Waals surface area contributed by atoms with Crippen molar-refractivity contribution in [2.24, 2.45) is 5.92 Å². The molecule has 1 saturated carbocycles. The van der Waals surface area contributed by atoms with E-state index in [2.05, 4.69) is 36.4 Å². The number of ether oxygens (including phenoxy) is 2. The molecule has 4 N–H and O–H groups in total. The van der Waals surface area contributed by atoms with Crippen molar-refractivity contribution >= 4 is 74.8 Å². The van der Waals surface area contributed by atoms with E-state index in [0.717, 1.165) is 12.8 Å². The molecule has 0 radical (unpaired) electrons. The zero-order chi connectivity index (χ0) is 28.2. The van der Waals surface area contributed by atoms with Gasteiger partial charge in [0, 0.05) is 19.1 Å². The third-order valence-corrected chi connectivity index (χ3v) is 6.41. The maximum absolute atomic E-state index is 13.1. The van der Waals surface area contributed by atoms with Gasteiger partial charge in [0.25, 0.3) is 11.8 Å². The van der Waals surface area contributed by atoms with Crippen LogP contribution in [0.3, 0.4) is 0 Å². The van der Waals surface area contributed by atoms with Gasteiger partial charge in [0.05, 0.1) is 30.2 Å². The van der Waals surface area contributed by atoms with Crippen molar-refractivity contribution in [3.63, 3.8) is 0 Å². The van der Waals surface area contributed by atoms with Crippen molar-refractivity contribution in [1.82, 2.24) is 20.5 Å². The second kappa shape index (κ2) is 11.9. The lowest BCUT2D eigenvalue weighted by Gasteiger charge is -2.22. The highest BCUT2D eigenvalue weighted by atomic mass is 32.1. The molecule has 1 aromatic carbocycles. The van der Waals surface area contributed by atoms with E-state index in [-0.39, 0.29) is 35.9 Å². The van der Waals surface area contributed by atoms with Gasteiger partial charge in [-0.25, -0.2) is 4.98 Å². The zero-order valence-corrected chi connectivity index (χ0v) is 23.2. The van der Waals surface area contributed by atoms with Crippen LogP contribution in [0.2, 0.25) is 0 Å². The maximum Gasteiger partial charge on any atom is 0.272 e. The second-order valence-electron chi connectivity index (χ2n) is 9.98. The van der Waals surface area contributed by atoms with E-state index in [0.29, 0.717) is 32.7 Å². The van der Waals surface area contributed by atoms with Crippen LogP contribution in [0.1, 0.15) is 23.3 Å². The molecule has 3 amide bonds. The summed E-state index contributed by atoms with van der Waals surface area (Å²) in [5, 5.41) is 20.5. The highest BCUT2D eigenvalue weighted by Gasteiger charge is 2.30. The summed E-state index contributed by atoms with van der Waals surface area (Å²) in [7, 11) is 8.56. The second-order valence-corrected chi connectivity index (χ2v) is 11.0. The minimum absolute atomic E-state index is 0.0219. The number of benzene rings is 1. The quantitative estimate of drug-likeness (QED) is 0.233. The van der Waals surface area contributed by atoms with Crippen molar-refractivity contribution < 1.29 is 23.9 Å². The van der Waals surface area contributed by atoms with Gasteiger partial charge in [0.2, 0.25) is 5.91 Å². The molecule has 0 unspecified atom stereocenters. The molecular formula is C23H28B3N7O5S. The van der Waals surface area contributed by atoms with Gasteiger partial charge in [0.1, 0.15) is 40.2 Å². The van der Waals surface area contributed by atoms with Gasteiger partial charge in [-0.3, -0.25) is 14.4 Å². The van der Waals surface area contributed by atoms with E-state index < -0.39 is 11.1 Å². The summed E-state index contributed by atoms with van der Waals surface area (Å²) in [5.41, 5.74) is 1.59. The molecule has 200 valence electrons. The number of anilines is 4. The van der Waals surface area contributed by atoms with Gasteiger partial charge in [-0.15, -0.1) is 10.2 Å². The molecule has 0 bridgehead atoms. The summed E-state index contributed by atoms with van der Waals surface area (Å²) in [6.07, 6.45) is 3.24. The number of methoxy groups -OCH3 is 2. The first-order valence-electron chi connectivity index (χ1n) is 12.3. The summed E-state index contributed by atoms with van der Waals surface area (Å²) in [5.74, 6) is -0.169. The standard InChI is InChI=1S/C23H28B3N7O5S/c1-37-10-16(34)30-17-9-27-22(39-17)12-4-3-5-13(19(12)38-2)28-14-8-15(29-20(35)11-6-7-11)32-33-18(14)21(36)31-23(24,25)26/h3-5,8-9,11H,6-7,10,24-26H2,1-2H3,(H,30,34)(H,31,36)(H2,28,29,32,35). The van der Waals surface area contributed by atoms with E-state index >= 15 is 0 Å². The molecule has 4 rings (SSSR count). The molecule has 16 heteroatoms. The SMILES string of the molecule is BC(B)(B)NC(=O)c1nnc(NC(=O)C2CC2)cc1Nc1cccc(-c2ncc(NC(=O)COC)s2)c1OC. The molecule has 2 heterocycles. The molecule has 1 fully saturated rings. The Labute approximate surface area is 232 Å². The third kappa shape index (κ3) is 7.36. The fourth-order valence-corrected chi connectivity index (χ4v) is 4.47. The van der Waals surface area contributed by atoms with Crippen LogP contribution in [0.5, 0.6) is 5.75 Å². The summed E-state index contributed by atoms with van der Waals surface area (Å²) in [6.45, 7) is -0.0653. The van der Waals surface area contributed by atoms with Crippen LogP contribution in [0, 0.1) is 5.92 Å². The molecule has 2 aromatic heterocycles. The van der Waals surface area contributed by atoms with E-state index in [1.54, 1.807) is 18.3 Å². The molecule has 0 saturated heterocycles. The van der Waals surface area contributed by atoms with Gasteiger partial charge >= 0.3 is 0 Å². The summed E-state index contributed by atoms with van der Waals surface area (Å²) >= 11 is 1.28. The fourth-order valence-electron chi connectivity index (χ4n) is 3.62. The predicted octanol–water partition coefficient (Wildman–Crippen LogP) is -0.474. The molecule has 0 spiro atoms. The number of para-hydroxylation sites is 1. The minimum atomic E-state index is -0.506. The largest absolute Gasteiger partial charge is 0.494 e. The van der Waals surface area contributed by atoms with Crippen LogP contribution >= 0.6 is 11.3 Å². The lowest BCUT2D eigenvalue weighted by molar-refractivity contribution is -0.119. The summed E-state index contributed by atoms with van der Waals surface area (Å²) < 4.78 is 10.6. The number of thiazole rings is 1. The Balaban J connectivity index is 1.67. The van der Waals surface area contributed by atoms with E-state index in [9.17, 15) is 14.4 Å². The fraction of sp³-hybridized carbons (Fsp3) is 0.304. The number of rotatable bonds is 11. The normalized spacial score (nSPS) is 12.9. The zero-order valence-electron chi connectivity index (χ0n) is 22.4. The average molecular weight is 547 g/mol. The maximum atomic E-state index is 13.1. The van der Waals surface area contributed by atoms with Crippen molar-refractivity contribution in [3.8, 4) is 16.3 Å². The van der Waals surface area contributed by atoms with Gasteiger partial charge in [0.15, 0.2) is 17.3 Å². The summed E-state index contributed by atoms with van der Waals surface area (Å²) in [6, 6.07) is 7.00. The number of nitrogens with one attached hydrogen (secondary N) is 4. The van der Waals surface area contributed by atoms with Crippen molar-refractivity contribution in [1.29, 1.82) is 0 Å². The highest BCUT2D eigenvalue weighted by Crippen LogP contribution is 2.41. The van der Waals surface area contributed by atoms with Crippen LogP contribution in [0.4, 0.5) is 22.2 Å². The highest BCUT2D eigenvalue weighted by molar-refractivity contribution is 7.19. The average Bonchev–Trinajstić information content (AvgIpc) is 3.62. The van der Waals surface area contributed by atoms with Gasteiger partial charge in [-0.2, -0.15) is 0 Å². The Morgan fingerprint density at radius 3 is 2.54 bits per heavy atom. The monoisotopic (exact) mass is 547 g/mol. The Kier molecular flexibility index (Phi) is 8.55. The van der Waals surface area contributed by atoms with Crippen molar-refractivity contribution in [2.45, 2.75) is 18.1 Å². The molecule has 39 heavy (non-hydrogen) atoms. The molecule has 0 atom stereocenters. The molecule has 1 aliphatic carbocycles. The molecule has 12 nitrogen and oxygen atoms in total. The van der Waals surface area contributed by atoms with E-state index in [1.807, 2.05) is 35.7 Å². The smallest absolute Gasteiger partial charge is 0.272 e. The molecule has 1 aliphatic rings. The number of hydrogen-bond acceptors (Lipinski definition) is 10. The number of nitrogens with zero attached hydrogens (tertiary/aromatic N) is 3. The van der Waals surface area contributed by atoms with Crippen LogP contribution in [-0.2, 0) is 14.3 Å². The number of carbonyl (C=O) groups excluding carboxylic acids is 3. The third-order valence-electron chi connectivity index (χ3n) is 5.46. The van der Waals surface area contributed by atoms with Crippen LogP contribution in [0.25, 0.3) is 10.6 Å². The molecule has 0 aliphatic heterocycles. The lowest BCUT2D eigenvalue weighted by atomic mass is 9.49. The van der Waals surface area contributed by atoms with Gasteiger partial charge in [-0.1, -0.05) is 17.4 Å². The van der Waals surface area contributed by atoms with Crippen molar-refractivity contribution in [3.05, 3.63) is 36.2 Å². The number of aromatic nitrogens is 3. The Hall–Kier alpha value is -3.91. The first kappa shape index (κ1) is 28.1. The number of carbonyl (C=O) groups is 3. The molecular weight excluding hydrogens is 519 g/mol. The molecule has 3 aromatic rings. The van der Waals surface area contributed by atoms with Gasteiger partial charge < -0.3 is 30.7 Å². The van der Waals surface area contributed by atoms with Crippen LogP contribution in [0.15, 0.2) is 30.5 Å². The Morgan fingerprint density at radius 2 is 1.87 bits per heavy atom. The predicted molar refractivity (Wildman–Crippen MR) is 157 cm³/mol. The Morgan fingerprint density at radius 1 is 1.10 bits per heavy atom. The first-order valence-corrected chi connectivity index (χ1v) is 13.1. The number of hydrogen-bond donors (Lipinski definition) is 4. The van der Waals surface area contributed by atoms with E-state index in [4.69, 9.17) is 9.47 Å². The summed E-state index contributed by atoms with van der Waals surface area (Å²) in [4.78, 5) is 41.7. The Bertz CT molecular complexity index is 1390. The number of amides is 3. The first-order chi connectivity index (χ1) is 18.6. The topological polar surface area (TPSA) is 156 Å². The van der Waals surface area contributed by atoms with Crippen LogP contribution in [-0.4, -0.2) is 82.5 Å².